The fourth-order valence-corrected chi connectivity index (χ4v) is 4.66. The van der Waals surface area contributed by atoms with E-state index in [0.29, 0.717) is 40.0 Å². The molecule has 2 aromatic carbocycles. The van der Waals surface area contributed by atoms with Crippen LogP contribution < -0.4 is 15.8 Å². The molecule has 3 N–H and O–H groups in total. The Morgan fingerprint density at radius 3 is 2.67 bits per heavy atom. The van der Waals surface area contributed by atoms with Crippen LogP contribution in [0, 0.1) is 6.92 Å². The highest BCUT2D eigenvalue weighted by Crippen LogP contribution is 2.39. The number of nitrogens with zero attached hydrogens (tertiary/aromatic N) is 1. The molecule has 4 amide bonds. The number of nitrogens with one attached hydrogen (secondary N) is 1. The number of imide groups is 1. The molecule has 0 radical (unpaired) electrons. The smallest absolute Gasteiger partial charge is 0.254 e. The fraction of sp³-hybridized carbons (Fsp3) is 0.250. The van der Waals surface area contributed by atoms with E-state index in [2.05, 4.69) is 5.32 Å². The van der Waals surface area contributed by atoms with Crippen molar-refractivity contribution in [3.63, 3.8) is 0 Å². The number of rotatable bonds is 5. The van der Waals surface area contributed by atoms with Crippen LogP contribution in [0.5, 0.6) is 5.75 Å². The Balaban J connectivity index is 1.56. The predicted octanol–water partition coefficient (Wildman–Crippen LogP) is 1.79. The lowest BCUT2D eigenvalue weighted by Gasteiger charge is -2.28. The maximum atomic E-state index is 13.1. The van der Waals surface area contributed by atoms with Crippen LogP contribution >= 0.6 is 0 Å². The Kier molecular flexibility index (Phi) is 4.52. The van der Waals surface area contributed by atoms with Crippen molar-refractivity contribution in [2.24, 2.45) is 5.73 Å². The molecule has 1 atom stereocenters. The third-order valence-corrected chi connectivity index (χ3v) is 6.41. The number of amides is 4. The molecule has 2 aliphatic heterocycles. The molecule has 9 nitrogen and oxygen atoms in total. The molecule has 0 unspecified atom stereocenters. The van der Waals surface area contributed by atoms with E-state index in [1.165, 1.54) is 12.0 Å². The van der Waals surface area contributed by atoms with Gasteiger partial charge in [-0.2, -0.15) is 0 Å². The average Bonchev–Trinajstić information content (AvgIpc) is 3.41. The summed E-state index contributed by atoms with van der Waals surface area (Å²) in [6.45, 7) is 1.99. The SMILES string of the molecule is COc1ccc2c(c1)C(=O)N(C[C@@]1(c3cc4cc(C(N)=O)c(C)cc4o3)CC(=O)NC1=O)C2. The normalized spacial score (nSPS) is 19.8. The van der Waals surface area contributed by atoms with Crippen molar-refractivity contribution < 1.29 is 28.3 Å². The number of primary amides is 1. The van der Waals surface area contributed by atoms with E-state index in [-0.39, 0.29) is 24.6 Å². The van der Waals surface area contributed by atoms with Crippen LogP contribution in [0.15, 0.2) is 40.8 Å². The highest BCUT2D eigenvalue weighted by Gasteiger charge is 2.53. The van der Waals surface area contributed by atoms with Crippen molar-refractivity contribution in [2.45, 2.75) is 25.3 Å². The van der Waals surface area contributed by atoms with Gasteiger partial charge in [0.1, 0.15) is 22.5 Å². The summed E-state index contributed by atoms with van der Waals surface area (Å²) in [7, 11) is 1.52. The topological polar surface area (TPSA) is 132 Å². The zero-order valence-electron chi connectivity index (χ0n) is 18.1. The molecule has 0 saturated carbocycles. The molecular formula is C24H21N3O6. The number of benzene rings is 2. The van der Waals surface area contributed by atoms with Gasteiger partial charge in [0.15, 0.2) is 0 Å². The standard InChI is InChI=1S/C24H21N3O6/c1-12-5-18-14(6-16(12)21(25)29)7-19(33-18)24(9-20(28)26-23(24)31)11-27-10-13-3-4-15(32-2)8-17(13)22(27)30/h3-8H,9-11H2,1-2H3,(H2,25,29)(H,26,28,31)/t24-/m1/s1. The summed E-state index contributed by atoms with van der Waals surface area (Å²) in [6.07, 6.45) is -0.156. The number of ether oxygens (including phenoxy) is 1. The predicted molar refractivity (Wildman–Crippen MR) is 117 cm³/mol. The van der Waals surface area contributed by atoms with Crippen molar-refractivity contribution >= 4 is 34.6 Å². The molecule has 1 aromatic heterocycles. The maximum absolute atomic E-state index is 13.1. The summed E-state index contributed by atoms with van der Waals surface area (Å²) in [4.78, 5) is 51.7. The molecule has 3 aromatic rings. The first-order chi connectivity index (χ1) is 15.7. The average molecular weight is 447 g/mol. The molecule has 0 aliphatic carbocycles. The van der Waals surface area contributed by atoms with Gasteiger partial charge in [-0.25, -0.2) is 0 Å². The fourth-order valence-electron chi connectivity index (χ4n) is 4.66. The number of hydrogen-bond acceptors (Lipinski definition) is 6. The van der Waals surface area contributed by atoms with Gasteiger partial charge in [-0.3, -0.25) is 24.5 Å². The van der Waals surface area contributed by atoms with Crippen LogP contribution in [0.3, 0.4) is 0 Å². The molecule has 2 aliphatic rings. The van der Waals surface area contributed by atoms with Gasteiger partial charge in [0.05, 0.1) is 13.5 Å². The molecule has 9 heteroatoms. The van der Waals surface area contributed by atoms with E-state index in [9.17, 15) is 19.2 Å². The zero-order chi connectivity index (χ0) is 23.5. The van der Waals surface area contributed by atoms with Crippen molar-refractivity contribution in [3.8, 4) is 5.75 Å². The van der Waals surface area contributed by atoms with Crippen molar-refractivity contribution in [1.29, 1.82) is 0 Å². The number of methoxy groups -OCH3 is 1. The van der Waals surface area contributed by atoms with Crippen molar-refractivity contribution in [3.05, 3.63) is 64.4 Å². The molecule has 0 bridgehead atoms. The highest BCUT2D eigenvalue weighted by atomic mass is 16.5. The number of hydrogen-bond donors (Lipinski definition) is 2. The Bertz CT molecular complexity index is 1370. The van der Waals surface area contributed by atoms with Crippen LogP contribution in [0.4, 0.5) is 0 Å². The summed E-state index contributed by atoms with van der Waals surface area (Å²) in [5, 5.41) is 2.93. The van der Waals surface area contributed by atoms with Gasteiger partial charge in [0.25, 0.3) is 5.91 Å². The molecule has 1 saturated heterocycles. The highest BCUT2D eigenvalue weighted by molar-refractivity contribution is 6.10. The largest absolute Gasteiger partial charge is 0.497 e. The van der Waals surface area contributed by atoms with Gasteiger partial charge in [-0.1, -0.05) is 6.07 Å². The van der Waals surface area contributed by atoms with E-state index < -0.39 is 23.1 Å². The molecule has 168 valence electrons. The number of carbonyl (C=O) groups excluding carboxylic acids is 4. The maximum Gasteiger partial charge on any atom is 0.254 e. The van der Waals surface area contributed by atoms with Crippen LogP contribution in [0.1, 0.15) is 44.0 Å². The minimum Gasteiger partial charge on any atom is -0.497 e. The summed E-state index contributed by atoms with van der Waals surface area (Å²) >= 11 is 0. The first kappa shape index (κ1) is 20.7. The number of fused-ring (bicyclic) bond motifs is 2. The molecule has 3 heterocycles. The first-order valence-corrected chi connectivity index (χ1v) is 10.4. The number of aryl methyl sites for hydroxylation is 1. The summed E-state index contributed by atoms with van der Waals surface area (Å²) in [5.41, 5.74) is 6.81. The Hall–Kier alpha value is -4.14. The Morgan fingerprint density at radius 2 is 2.00 bits per heavy atom. The quantitative estimate of drug-likeness (QED) is 0.573. The molecular weight excluding hydrogens is 426 g/mol. The lowest BCUT2D eigenvalue weighted by Crippen LogP contribution is -2.46. The lowest BCUT2D eigenvalue weighted by molar-refractivity contribution is -0.127. The molecule has 0 spiro atoms. The van der Waals surface area contributed by atoms with Crippen LogP contribution in [-0.4, -0.2) is 42.2 Å². The van der Waals surface area contributed by atoms with E-state index >= 15 is 0 Å². The number of nitrogens with two attached hydrogens (primary N) is 1. The minimum absolute atomic E-state index is 0.0398. The Morgan fingerprint density at radius 1 is 1.21 bits per heavy atom. The number of carbonyl (C=O) groups is 4. The van der Waals surface area contributed by atoms with Gasteiger partial charge in [-0.15, -0.1) is 0 Å². The number of furan rings is 1. The second-order valence-electron chi connectivity index (χ2n) is 8.50. The summed E-state index contributed by atoms with van der Waals surface area (Å²) < 4.78 is 11.2. The first-order valence-electron chi connectivity index (χ1n) is 10.4. The van der Waals surface area contributed by atoms with Gasteiger partial charge in [0, 0.05) is 29.6 Å². The van der Waals surface area contributed by atoms with Gasteiger partial charge in [0.2, 0.25) is 17.7 Å². The van der Waals surface area contributed by atoms with Crippen molar-refractivity contribution in [1.82, 2.24) is 10.2 Å². The van der Waals surface area contributed by atoms with E-state index in [0.717, 1.165) is 5.56 Å². The molecule has 5 rings (SSSR count). The Labute approximate surface area is 188 Å². The molecule has 33 heavy (non-hydrogen) atoms. The van der Waals surface area contributed by atoms with Gasteiger partial charge in [-0.05, 0) is 48.4 Å². The van der Waals surface area contributed by atoms with E-state index in [1.807, 2.05) is 6.07 Å². The second kappa shape index (κ2) is 7.19. The third kappa shape index (κ3) is 3.15. The van der Waals surface area contributed by atoms with E-state index in [1.54, 1.807) is 37.3 Å². The van der Waals surface area contributed by atoms with Gasteiger partial charge < -0.3 is 19.8 Å². The molecule has 1 fully saturated rings. The minimum atomic E-state index is -1.39. The second-order valence-corrected chi connectivity index (χ2v) is 8.50. The monoisotopic (exact) mass is 447 g/mol. The van der Waals surface area contributed by atoms with Crippen LogP contribution in [-0.2, 0) is 21.5 Å². The third-order valence-electron chi connectivity index (χ3n) is 6.41. The van der Waals surface area contributed by atoms with Crippen LogP contribution in [0.2, 0.25) is 0 Å². The van der Waals surface area contributed by atoms with Crippen molar-refractivity contribution in [2.75, 3.05) is 13.7 Å². The lowest BCUT2D eigenvalue weighted by atomic mass is 9.82. The van der Waals surface area contributed by atoms with Gasteiger partial charge >= 0.3 is 0 Å². The van der Waals surface area contributed by atoms with E-state index in [4.69, 9.17) is 14.9 Å². The summed E-state index contributed by atoms with van der Waals surface area (Å²) in [5.74, 6) is -0.983. The zero-order valence-corrected chi connectivity index (χ0v) is 18.1. The van der Waals surface area contributed by atoms with Crippen LogP contribution in [0.25, 0.3) is 11.0 Å². The summed E-state index contributed by atoms with van der Waals surface area (Å²) in [6, 6.07) is 10.2.